The number of hydrogen-bond donors (Lipinski definition) is 2. The third-order valence-corrected chi connectivity index (χ3v) is 5.31. The van der Waals surface area contributed by atoms with Gasteiger partial charge >= 0.3 is 0 Å². The lowest BCUT2D eigenvalue weighted by atomic mass is 9.76. The van der Waals surface area contributed by atoms with Gasteiger partial charge in [-0.25, -0.2) is 18.1 Å². The number of rotatable bonds is 6. The van der Waals surface area contributed by atoms with E-state index in [-0.39, 0.29) is 10.4 Å². The molecular weight excluding hydrogens is 262 g/mol. The number of hydrogen-bond acceptors (Lipinski definition) is 4. The quantitative estimate of drug-likeness (QED) is 0.839. The van der Waals surface area contributed by atoms with Gasteiger partial charge < -0.3 is 5.32 Å². The van der Waals surface area contributed by atoms with Crippen molar-refractivity contribution in [3.63, 3.8) is 0 Å². The lowest BCUT2D eigenvalue weighted by Gasteiger charge is -2.41. The van der Waals surface area contributed by atoms with Crippen LogP contribution in [0.25, 0.3) is 0 Å². The maximum atomic E-state index is 12.3. The van der Waals surface area contributed by atoms with E-state index in [2.05, 4.69) is 15.0 Å². The molecule has 0 bridgehead atoms. The number of nitrogens with zero attached hydrogens (tertiary/aromatic N) is 1. The Morgan fingerprint density at radius 2 is 2.05 bits per heavy atom. The number of anilines is 1. The summed E-state index contributed by atoms with van der Waals surface area (Å²) in [6, 6.07) is 3.28. The minimum atomic E-state index is -3.46. The van der Waals surface area contributed by atoms with Gasteiger partial charge in [-0.1, -0.05) is 6.92 Å². The molecule has 2 N–H and O–H groups in total. The molecule has 1 heterocycles. The van der Waals surface area contributed by atoms with Gasteiger partial charge in [0.25, 0.3) is 0 Å². The minimum absolute atomic E-state index is 0.230. The molecule has 0 spiro atoms. The van der Waals surface area contributed by atoms with Crippen molar-refractivity contribution in [3.8, 4) is 0 Å². The molecular formula is C13H21N3O2S. The van der Waals surface area contributed by atoms with Crippen molar-refractivity contribution >= 4 is 15.8 Å². The summed E-state index contributed by atoms with van der Waals surface area (Å²) in [6.45, 7) is 4.75. The van der Waals surface area contributed by atoms with Gasteiger partial charge in [-0.15, -0.1) is 0 Å². The van der Waals surface area contributed by atoms with E-state index in [0.717, 1.165) is 32.2 Å². The molecule has 0 unspecified atom stereocenters. The first-order chi connectivity index (χ1) is 9.01. The Bertz CT molecular complexity index is 516. The fraction of sp³-hybridized carbons (Fsp3) is 0.615. The second-order valence-corrected chi connectivity index (χ2v) is 6.68. The summed E-state index contributed by atoms with van der Waals surface area (Å²) < 4.78 is 27.4. The van der Waals surface area contributed by atoms with E-state index in [1.165, 1.54) is 6.20 Å². The number of nitrogens with one attached hydrogen (secondary N) is 2. The normalized spacial score (nSPS) is 17.8. The highest BCUT2D eigenvalue weighted by Gasteiger charge is 2.39. The molecule has 19 heavy (non-hydrogen) atoms. The molecule has 1 aromatic rings. The molecule has 6 heteroatoms. The van der Waals surface area contributed by atoms with Crippen molar-refractivity contribution in [2.24, 2.45) is 0 Å². The minimum Gasteiger partial charge on any atom is -0.370 e. The van der Waals surface area contributed by atoms with Gasteiger partial charge in [0.1, 0.15) is 10.7 Å². The van der Waals surface area contributed by atoms with Gasteiger partial charge in [-0.05, 0) is 44.7 Å². The molecule has 0 saturated heterocycles. The lowest BCUT2D eigenvalue weighted by Crippen LogP contribution is -2.52. The van der Waals surface area contributed by atoms with Crippen LogP contribution in [0.1, 0.15) is 39.5 Å². The second kappa shape index (κ2) is 5.46. The van der Waals surface area contributed by atoms with E-state index in [1.54, 1.807) is 12.1 Å². The van der Waals surface area contributed by atoms with Crippen molar-refractivity contribution in [2.45, 2.75) is 50.0 Å². The predicted octanol–water partition coefficient (Wildman–Crippen LogP) is 2.12. The van der Waals surface area contributed by atoms with Crippen LogP contribution in [-0.2, 0) is 10.0 Å². The molecule has 5 nitrogen and oxygen atoms in total. The summed E-state index contributed by atoms with van der Waals surface area (Å²) in [6.07, 6.45) is 5.17. The van der Waals surface area contributed by atoms with Crippen LogP contribution in [-0.4, -0.2) is 25.5 Å². The van der Waals surface area contributed by atoms with E-state index >= 15 is 0 Å². The fourth-order valence-corrected chi connectivity index (χ4v) is 3.78. The molecule has 1 fully saturated rings. The first-order valence-electron chi connectivity index (χ1n) is 6.75. The van der Waals surface area contributed by atoms with Crippen LogP contribution in [0, 0.1) is 0 Å². The average Bonchev–Trinajstić information content (AvgIpc) is 2.35. The molecule has 0 aliphatic heterocycles. The summed E-state index contributed by atoms with van der Waals surface area (Å²) in [5, 5.41) is 3.04. The van der Waals surface area contributed by atoms with E-state index in [9.17, 15) is 8.42 Å². The molecule has 0 atom stereocenters. The largest absolute Gasteiger partial charge is 0.370 e. The van der Waals surface area contributed by atoms with Gasteiger partial charge in [-0.3, -0.25) is 0 Å². The SMILES string of the molecule is CCNc1ccc(S(=O)(=O)NC2(CC)CCC2)cn1. The molecule has 1 saturated carbocycles. The Labute approximate surface area is 114 Å². The summed E-state index contributed by atoms with van der Waals surface area (Å²) >= 11 is 0. The van der Waals surface area contributed by atoms with E-state index in [0.29, 0.717) is 5.82 Å². The zero-order valence-electron chi connectivity index (χ0n) is 11.4. The van der Waals surface area contributed by atoms with Gasteiger partial charge in [0.05, 0.1) is 0 Å². The molecule has 106 valence electrons. The first-order valence-corrected chi connectivity index (χ1v) is 8.23. The van der Waals surface area contributed by atoms with Crippen molar-refractivity contribution in [1.29, 1.82) is 0 Å². The zero-order chi connectivity index (χ0) is 13.9. The van der Waals surface area contributed by atoms with Crippen molar-refractivity contribution in [2.75, 3.05) is 11.9 Å². The number of aromatic nitrogens is 1. The molecule has 2 rings (SSSR count). The van der Waals surface area contributed by atoms with Crippen LogP contribution < -0.4 is 10.0 Å². The third kappa shape index (κ3) is 3.06. The molecule has 0 amide bonds. The maximum Gasteiger partial charge on any atom is 0.242 e. The molecule has 1 aliphatic rings. The highest BCUT2D eigenvalue weighted by atomic mass is 32.2. The fourth-order valence-electron chi connectivity index (χ4n) is 2.30. The van der Waals surface area contributed by atoms with Gasteiger partial charge in [-0.2, -0.15) is 0 Å². The van der Waals surface area contributed by atoms with Crippen LogP contribution >= 0.6 is 0 Å². The summed E-state index contributed by atoms with van der Waals surface area (Å²) in [4.78, 5) is 4.33. The zero-order valence-corrected chi connectivity index (χ0v) is 12.3. The van der Waals surface area contributed by atoms with Crippen molar-refractivity contribution in [3.05, 3.63) is 18.3 Å². The van der Waals surface area contributed by atoms with Crippen molar-refractivity contribution < 1.29 is 8.42 Å². The highest BCUT2D eigenvalue weighted by molar-refractivity contribution is 7.89. The Balaban J connectivity index is 2.15. The summed E-state index contributed by atoms with van der Waals surface area (Å²) in [7, 11) is -3.46. The van der Waals surface area contributed by atoms with Gasteiger partial charge in [0, 0.05) is 18.3 Å². The standard InChI is InChI=1S/C13H21N3O2S/c1-3-13(8-5-9-13)16-19(17,18)11-6-7-12(14-4-2)15-10-11/h6-7,10,16H,3-5,8-9H2,1-2H3,(H,14,15). The average molecular weight is 283 g/mol. The highest BCUT2D eigenvalue weighted by Crippen LogP contribution is 2.36. The monoisotopic (exact) mass is 283 g/mol. The van der Waals surface area contributed by atoms with Gasteiger partial charge in [0.15, 0.2) is 0 Å². The van der Waals surface area contributed by atoms with Crippen LogP contribution in [0.2, 0.25) is 0 Å². The van der Waals surface area contributed by atoms with E-state index < -0.39 is 10.0 Å². The Morgan fingerprint density at radius 3 is 2.47 bits per heavy atom. The van der Waals surface area contributed by atoms with E-state index in [1.807, 2.05) is 13.8 Å². The smallest absolute Gasteiger partial charge is 0.242 e. The first kappa shape index (κ1) is 14.3. The predicted molar refractivity (Wildman–Crippen MR) is 75.6 cm³/mol. The summed E-state index contributed by atoms with van der Waals surface area (Å²) in [5.41, 5.74) is -0.237. The molecule has 1 aromatic heterocycles. The second-order valence-electron chi connectivity index (χ2n) is 5.00. The topological polar surface area (TPSA) is 71.1 Å². The Hall–Kier alpha value is -1.14. The third-order valence-electron chi connectivity index (χ3n) is 3.74. The van der Waals surface area contributed by atoms with E-state index in [4.69, 9.17) is 0 Å². The van der Waals surface area contributed by atoms with Crippen molar-refractivity contribution in [1.82, 2.24) is 9.71 Å². The Kier molecular flexibility index (Phi) is 4.10. The van der Waals surface area contributed by atoms with Crippen LogP contribution in [0.15, 0.2) is 23.2 Å². The number of pyridine rings is 1. The van der Waals surface area contributed by atoms with Crippen LogP contribution in [0.5, 0.6) is 0 Å². The maximum absolute atomic E-state index is 12.3. The lowest BCUT2D eigenvalue weighted by molar-refractivity contribution is 0.214. The summed E-state index contributed by atoms with van der Waals surface area (Å²) in [5.74, 6) is 0.690. The van der Waals surface area contributed by atoms with Crippen LogP contribution in [0.3, 0.4) is 0 Å². The molecule has 1 aliphatic carbocycles. The number of sulfonamides is 1. The van der Waals surface area contributed by atoms with Crippen LogP contribution in [0.4, 0.5) is 5.82 Å². The molecule has 0 aromatic carbocycles. The van der Waals surface area contributed by atoms with Gasteiger partial charge in [0.2, 0.25) is 10.0 Å². The molecule has 0 radical (unpaired) electrons. The Morgan fingerprint density at radius 1 is 1.32 bits per heavy atom.